The molecule has 2 heterocycles. The first-order valence-electron chi connectivity index (χ1n) is 7.07. The lowest BCUT2D eigenvalue weighted by molar-refractivity contribution is -0.153. The average molecular weight is 290 g/mol. The first kappa shape index (κ1) is 13.7. The molecule has 2 unspecified atom stereocenters. The predicted molar refractivity (Wildman–Crippen MR) is 76.2 cm³/mol. The van der Waals surface area contributed by atoms with Gasteiger partial charge in [-0.1, -0.05) is 19.1 Å². The number of fused-ring (bicyclic) bond motifs is 1. The smallest absolute Gasteiger partial charge is 0.306 e. The standard InChI is InChI=1S/C15H18N2O4/c1-9(15(19)20)10-7-17(8-10)14(18)13-6-16-11-4-2-3-5-12(11)21-13/h2-5,9-10,13,16H,6-8H2,1H3,(H,19,20). The van der Waals surface area contributed by atoms with Gasteiger partial charge < -0.3 is 20.1 Å². The van der Waals surface area contributed by atoms with E-state index in [1.807, 2.05) is 24.3 Å². The molecule has 0 radical (unpaired) electrons. The summed E-state index contributed by atoms with van der Waals surface area (Å²) in [6.07, 6.45) is -0.541. The van der Waals surface area contributed by atoms with Gasteiger partial charge >= 0.3 is 5.97 Å². The Morgan fingerprint density at radius 3 is 2.81 bits per heavy atom. The van der Waals surface area contributed by atoms with Crippen LogP contribution in [0.4, 0.5) is 5.69 Å². The van der Waals surface area contributed by atoms with Gasteiger partial charge in [-0.15, -0.1) is 0 Å². The maximum Gasteiger partial charge on any atom is 0.306 e. The topological polar surface area (TPSA) is 78.9 Å². The van der Waals surface area contributed by atoms with Crippen LogP contribution in [0.25, 0.3) is 0 Å². The Kier molecular flexibility index (Phi) is 3.45. The summed E-state index contributed by atoms with van der Waals surface area (Å²) in [5.74, 6) is -0.587. The highest BCUT2D eigenvalue weighted by Gasteiger charge is 2.40. The second-order valence-electron chi connectivity index (χ2n) is 5.61. The van der Waals surface area contributed by atoms with E-state index in [1.54, 1.807) is 11.8 Å². The van der Waals surface area contributed by atoms with Crippen molar-refractivity contribution in [1.29, 1.82) is 0 Å². The number of carboxylic acids is 1. The number of likely N-dealkylation sites (tertiary alicyclic amines) is 1. The maximum absolute atomic E-state index is 12.3. The normalized spacial score (nSPS) is 22.3. The van der Waals surface area contributed by atoms with Crippen LogP contribution < -0.4 is 10.1 Å². The Bertz CT molecular complexity index is 569. The number of ether oxygens (including phenoxy) is 1. The third-order valence-electron chi connectivity index (χ3n) is 4.23. The number of hydrogen-bond donors (Lipinski definition) is 2. The second-order valence-corrected chi connectivity index (χ2v) is 5.61. The molecule has 2 aliphatic heterocycles. The average Bonchev–Trinajstić information content (AvgIpc) is 2.44. The number of carbonyl (C=O) groups excluding carboxylic acids is 1. The number of hydrogen-bond acceptors (Lipinski definition) is 4. The van der Waals surface area contributed by atoms with E-state index < -0.39 is 18.0 Å². The van der Waals surface area contributed by atoms with Gasteiger partial charge in [0, 0.05) is 19.0 Å². The van der Waals surface area contributed by atoms with Gasteiger partial charge in [0.2, 0.25) is 0 Å². The summed E-state index contributed by atoms with van der Waals surface area (Å²) in [5, 5.41) is 12.1. The van der Waals surface area contributed by atoms with E-state index in [2.05, 4.69) is 5.32 Å². The van der Waals surface area contributed by atoms with Gasteiger partial charge in [0.15, 0.2) is 6.10 Å². The number of para-hydroxylation sites is 2. The van der Waals surface area contributed by atoms with E-state index in [-0.39, 0.29) is 11.8 Å². The minimum atomic E-state index is -0.809. The van der Waals surface area contributed by atoms with Crippen molar-refractivity contribution < 1.29 is 19.4 Å². The summed E-state index contributed by atoms with van der Waals surface area (Å²) in [5.41, 5.74) is 0.891. The quantitative estimate of drug-likeness (QED) is 0.869. The van der Waals surface area contributed by atoms with Crippen molar-refractivity contribution in [3.8, 4) is 5.75 Å². The first-order chi connectivity index (χ1) is 10.1. The molecule has 0 aromatic heterocycles. The predicted octanol–water partition coefficient (Wildman–Crippen LogP) is 1.04. The fraction of sp³-hybridized carbons (Fsp3) is 0.467. The molecular weight excluding hydrogens is 272 g/mol. The van der Waals surface area contributed by atoms with Crippen LogP contribution in [-0.4, -0.2) is 47.6 Å². The Morgan fingerprint density at radius 2 is 2.10 bits per heavy atom. The lowest BCUT2D eigenvalue weighted by Gasteiger charge is -2.43. The summed E-state index contributed by atoms with van der Waals surface area (Å²) in [6, 6.07) is 7.50. The minimum absolute atomic E-state index is 0.0373. The zero-order valence-corrected chi connectivity index (χ0v) is 11.8. The fourth-order valence-electron chi connectivity index (χ4n) is 2.66. The molecular formula is C15H18N2O4. The van der Waals surface area contributed by atoms with Crippen molar-refractivity contribution in [3.05, 3.63) is 24.3 Å². The van der Waals surface area contributed by atoms with Crippen molar-refractivity contribution in [2.75, 3.05) is 25.0 Å². The zero-order chi connectivity index (χ0) is 15.0. The van der Waals surface area contributed by atoms with E-state index in [4.69, 9.17) is 9.84 Å². The van der Waals surface area contributed by atoms with Crippen LogP contribution in [-0.2, 0) is 9.59 Å². The van der Waals surface area contributed by atoms with Crippen LogP contribution in [0.1, 0.15) is 6.92 Å². The Hall–Kier alpha value is -2.24. The molecule has 21 heavy (non-hydrogen) atoms. The SMILES string of the molecule is CC(C(=O)O)C1CN(C(=O)C2CNc3ccccc3O2)C1. The Labute approximate surface area is 122 Å². The molecule has 1 fully saturated rings. The van der Waals surface area contributed by atoms with Crippen LogP contribution in [0.2, 0.25) is 0 Å². The van der Waals surface area contributed by atoms with E-state index in [0.29, 0.717) is 25.4 Å². The number of amides is 1. The molecule has 0 saturated carbocycles. The van der Waals surface area contributed by atoms with Crippen LogP contribution in [0, 0.1) is 11.8 Å². The molecule has 0 bridgehead atoms. The van der Waals surface area contributed by atoms with Crippen LogP contribution >= 0.6 is 0 Å². The van der Waals surface area contributed by atoms with Gasteiger partial charge in [0.25, 0.3) is 5.91 Å². The lowest BCUT2D eigenvalue weighted by atomic mass is 9.86. The molecule has 0 spiro atoms. The number of nitrogens with zero attached hydrogens (tertiary/aromatic N) is 1. The van der Waals surface area contributed by atoms with Gasteiger partial charge in [-0.05, 0) is 12.1 Å². The van der Waals surface area contributed by atoms with Crippen LogP contribution in [0.15, 0.2) is 24.3 Å². The van der Waals surface area contributed by atoms with E-state index in [1.165, 1.54) is 0 Å². The highest BCUT2D eigenvalue weighted by molar-refractivity contribution is 5.84. The molecule has 1 amide bonds. The summed E-state index contributed by atoms with van der Waals surface area (Å²) in [4.78, 5) is 24.9. The van der Waals surface area contributed by atoms with Crippen molar-refractivity contribution in [2.45, 2.75) is 13.0 Å². The van der Waals surface area contributed by atoms with Crippen LogP contribution in [0.5, 0.6) is 5.75 Å². The second kappa shape index (κ2) is 5.27. The molecule has 0 aliphatic carbocycles. The van der Waals surface area contributed by atoms with Crippen LogP contribution in [0.3, 0.4) is 0 Å². The van der Waals surface area contributed by atoms with E-state index in [0.717, 1.165) is 5.69 Å². The largest absolute Gasteiger partial charge is 0.481 e. The Balaban J connectivity index is 1.58. The molecule has 2 atom stereocenters. The monoisotopic (exact) mass is 290 g/mol. The number of nitrogens with one attached hydrogen (secondary N) is 1. The molecule has 112 valence electrons. The van der Waals surface area contributed by atoms with E-state index >= 15 is 0 Å². The van der Waals surface area contributed by atoms with Crippen molar-refractivity contribution in [2.24, 2.45) is 11.8 Å². The summed E-state index contributed by atoms with van der Waals surface area (Å²) >= 11 is 0. The molecule has 1 saturated heterocycles. The summed E-state index contributed by atoms with van der Waals surface area (Å²) in [6.45, 7) is 3.11. The summed E-state index contributed by atoms with van der Waals surface area (Å²) in [7, 11) is 0. The molecule has 2 N–H and O–H groups in total. The molecule has 1 aromatic rings. The third kappa shape index (κ3) is 2.53. The van der Waals surface area contributed by atoms with Crippen molar-refractivity contribution >= 4 is 17.6 Å². The molecule has 6 heteroatoms. The van der Waals surface area contributed by atoms with Crippen molar-refractivity contribution in [3.63, 3.8) is 0 Å². The maximum atomic E-state index is 12.3. The summed E-state index contributed by atoms with van der Waals surface area (Å²) < 4.78 is 5.72. The first-order valence-corrected chi connectivity index (χ1v) is 7.07. The van der Waals surface area contributed by atoms with Crippen molar-refractivity contribution in [1.82, 2.24) is 4.90 Å². The van der Waals surface area contributed by atoms with Gasteiger partial charge in [0.05, 0.1) is 18.2 Å². The number of anilines is 1. The minimum Gasteiger partial charge on any atom is -0.481 e. The fourth-order valence-corrected chi connectivity index (χ4v) is 2.66. The number of aliphatic carboxylic acids is 1. The lowest BCUT2D eigenvalue weighted by Crippen LogP contribution is -2.58. The molecule has 1 aromatic carbocycles. The van der Waals surface area contributed by atoms with Gasteiger partial charge in [-0.3, -0.25) is 9.59 Å². The van der Waals surface area contributed by atoms with E-state index in [9.17, 15) is 9.59 Å². The number of rotatable bonds is 3. The Morgan fingerprint density at radius 1 is 1.38 bits per heavy atom. The molecule has 2 aliphatic rings. The number of benzene rings is 1. The zero-order valence-electron chi connectivity index (χ0n) is 11.8. The highest BCUT2D eigenvalue weighted by Crippen LogP contribution is 2.30. The third-order valence-corrected chi connectivity index (χ3v) is 4.23. The molecule has 3 rings (SSSR count). The van der Waals surface area contributed by atoms with Gasteiger partial charge in [0.1, 0.15) is 5.75 Å². The molecule has 6 nitrogen and oxygen atoms in total. The highest BCUT2D eigenvalue weighted by atomic mass is 16.5. The van der Waals surface area contributed by atoms with Gasteiger partial charge in [-0.2, -0.15) is 0 Å². The number of carboxylic acid groups (broad SMARTS) is 1. The van der Waals surface area contributed by atoms with Gasteiger partial charge in [-0.25, -0.2) is 0 Å². The number of carbonyl (C=O) groups is 2.